The molecule has 2 aromatic carbocycles. The molecule has 1 saturated heterocycles. The molecule has 6 heteroatoms. The third kappa shape index (κ3) is 3.75. The average Bonchev–Trinajstić information content (AvgIpc) is 2.83. The Morgan fingerprint density at radius 1 is 1.04 bits per heavy atom. The summed E-state index contributed by atoms with van der Waals surface area (Å²) in [6.07, 6.45) is 3.19. The zero-order valence-electron chi connectivity index (χ0n) is 14.1. The van der Waals surface area contributed by atoms with Crippen LogP contribution in [0.2, 0.25) is 0 Å². The van der Waals surface area contributed by atoms with Gasteiger partial charge in [0.1, 0.15) is 16.5 Å². The summed E-state index contributed by atoms with van der Waals surface area (Å²) in [7, 11) is -4.13. The Hall–Kier alpha value is -1.79. The van der Waals surface area contributed by atoms with Crippen molar-refractivity contribution in [1.82, 2.24) is 4.31 Å². The molecule has 0 bridgehead atoms. The van der Waals surface area contributed by atoms with Crippen LogP contribution in [0.5, 0.6) is 0 Å². The minimum Gasteiger partial charge on any atom is -0.207 e. The van der Waals surface area contributed by atoms with Gasteiger partial charge in [-0.25, -0.2) is 17.2 Å². The Balaban J connectivity index is 2.08. The lowest BCUT2D eigenvalue weighted by Gasteiger charge is -2.30. The molecule has 1 unspecified atom stereocenters. The molecule has 0 N–H and O–H groups in total. The minimum atomic E-state index is -4.13. The summed E-state index contributed by atoms with van der Waals surface area (Å²) < 4.78 is 55.2. The number of rotatable bonds is 3. The van der Waals surface area contributed by atoms with Crippen LogP contribution in [0.15, 0.2) is 47.4 Å². The summed E-state index contributed by atoms with van der Waals surface area (Å²) in [4.78, 5) is -0.591. The van der Waals surface area contributed by atoms with Gasteiger partial charge in [0.2, 0.25) is 10.0 Å². The van der Waals surface area contributed by atoms with Gasteiger partial charge in [-0.15, -0.1) is 0 Å². The summed E-state index contributed by atoms with van der Waals surface area (Å²) in [6.45, 7) is 2.25. The van der Waals surface area contributed by atoms with Gasteiger partial charge in [0.25, 0.3) is 0 Å². The smallest absolute Gasteiger partial charge is 0.207 e. The maximum Gasteiger partial charge on any atom is 0.246 e. The molecule has 1 atom stereocenters. The largest absolute Gasteiger partial charge is 0.246 e. The molecule has 25 heavy (non-hydrogen) atoms. The Labute approximate surface area is 147 Å². The number of nitrogens with zero attached hydrogens (tertiary/aromatic N) is 1. The van der Waals surface area contributed by atoms with Crippen molar-refractivity contribution >= 4 is 10.0 Å². The summed E-state index contributed by atoms with van der Waals surface area (Å²) in [5.74, 6) is -1.68. The molecule has 1 fully saturated rings. The highest BCUT2D eigenvalue weighted by atomic mass is 32.2. The fraction of sp³-hybridized carbons (Fsp3) is 0.368. The van der Waals surface area contributed by atoms with Gasteiger partial charge >= 0.3 is 0 Å². The Kier molecular flexibility index (Phi) is 5.20. The molecule has 3 rings (SSSR count). The zero-order chi connectivity index (χ0) is 18.0. The van der Waals surface area contributed by atoms with Crippen LogP contribution in [0.25, 0.3) is 0 Å². The van der Waals surface area contributed by atoms with Gasteiger partial charge in [0.15, 0.2) is 0 Å². The SMILES string of the molecule is Cc1cccc(C2CCCCCN2S(=O)(=O)c2cc(F)ccc2F)c1. The van der Waals surface area contributed by atoms with Crippen LogP contribution in [0.1, 0.15) is 42.9 Å². The highest BCUT2D eigenvalue weighted by Crippen LogP contribution is 2.35. The molecule has 1 aliphatic heterocycles. The van der Waals surface area contributed by atoms with E-state index in [0.717, 1.165) is 42.2 Å². The van der Waals surface area contributed by atoms with Gasteiger partial charge in [-0.2, -0.15) is 4.31 Å². The Morgan fingerprint density at radius 3 is 2.60 bits per heavy atom. The molecule has 0 saturated carbocycles. The fourth-order valence-corrected chi connectivity index (χ4v) is 5.14. The number of hydrogen-bond donors (Lipinski definition) is 0. The number of benzene rings is 2. The Morgan fingerprint density at radius 2 is 1.84 bits per heavy atom. The molecular formula is C19H21F2NO2S. The van der Waals surface area contributed by atoms with Crippen LogP contribution in [0, 0.1) is 18.6 Å². The van der Waals surface area contributed by atoms with Crippen LogP contribution < -0.4 is 0 Å². The van der Waals surface area contributed by atoms with Crippen molar-refractivity contribution in [2.45, 2.75) is 43.5 Å². The van der Waals surface area contributed by atoms with Crippen molar-refractivity contribution in [3.05, 3.63) is 65.2 Å². The van der Waals surface area contributed by atoms with E-state index in [-0.39, 0.29) is 6.04 Å². The molecule has 0 aromatic heterocycles. The van der Waals surface area contributed by atoms with Crippen LogP contribution in [0.3, 0.4) is 0 Å². The molecule has 2 aromatic rings. The zero-order valence-corrected chi connectivity index (χ0v) is 14.9. The summed E-state index contributed by atoms with van der Waals surface area (Å²) in [5.41, 5.74) is 1.93. The van der Waals surface area contributed by atoms with Crippen LogP contribution in [-0.4, -0.2) is 19.3 Å². The maximum absolute atomic E-state index is 14.1. The van der Waals surface area contributed by atoms with Crippen molar-refractivity contribution in [2.24, 2.45) is 0 Å². The molecule has 134 valence electrons. The van der Waals surface area contributed by atoms with Gasteiger partial charge < -0.3 is 0 Å². The van der Waals surface area contributed by atoms with Gasteiger partial charge in [0, 0.05) is 6.54 Å². The van der Waals surface area contributed by atoms with E-state index in [4.69, 9.17) is 0 Å². The van der Waals surface area contributed by atoms with Crippen LogP contribution in [-0.2, 0) is 10.0 Å². The predicted molar refractivity (Wildman–Crippen MR) is 92.6 cm³/mol. The first-order chi connectivity index (χ1) is 11.9. The standard InChI is InChI=1S/C19H21F2NO2S/c1-14-6-5-7-15(12-14)18-8-3-2-4-11-22(18)25(23,24)19-13-16(20)9-10-17(19)21/h5-7,9-10,12-13,18H,2-4,8,11H2,1H3. The number of sulfonamides is 1. The van der Waals surface area contributed by atoms with Crippen molar-refractivity contribution in [3.8, 4) is 0 Å². The summed E-state index contributed by atoms with van der Waals surface area (Å²) in [5, 5.41) is 0. The molecular weight excluding hydrogens is 344 g/mol. The number of halogens is 2. The molecule has 1 heterocycles. The summed E-state index contributed by atoms with van der Waals surface area (Å²) in [6, 6.07) is 9.89. The number of aryl methyl sites for hydroxylation is 1. The normalized spacial score (nSPS) is 19.6. The van der Waals surface area contributed by atoms with E-state index < -0.39 is 26.6 Å². The minimum absolute atomic E-state index is 0.302. The van der Waals surface area contributed by atoms with Crippen molar-refractivity contribution in [2.75, 3.05) is 6.54 Å². The average molecular weight is 365 g/mol. The molecule has 1 aliphatic rings. The molecule has 3 nitrogen and oxygen atoms in total. The topological polar surface area (TPSA) is 37.4 Å². The predicted octanol–water partition coefficient (Wildman–Crippen LogP) is 4.58. The van der Waals surface area contributed by atoms with Gasteiger partial charge in [0.05, 0.1) is 6.04 Å². The van der Waals surface area contributed by atoms with E-state index in [1.165, 1.54) is 4.31 Å². The van der Waals surface area contributed by atoms with Crippen molar-refractivity contribution < 1.29 is 17.2 Å². The van der Waals surface area contributed by atoms with Crippen LogP contribution in [0.4, 0.5) is 8.78 Å². The number of hydrogen-bond acceptors (Lipinski definition) is 2. The second-order valence-corrected chi connectivity index (χ2v) is 8.33. The third-order valence-electron chi connectivity index (χ3n) is 4.61. The van der Waals surface area contributed by atoms with Gasteiger partial charge in [-0.3, -0.25) is 0 Å². The highest BCUT2D eigenvalue weighted by molar-refractivity contribution is 7.89. The van der Waals surface area contributed by atoms with Crippen LogP contribution >= 0.6 is 0 Å². The third-order valence-corrected chi connectivity index (χ3v) is 6.53. The lowest BCUT2D eigenvalue weighted by Crippen LogP contribution is -2.35. The molecule has 0 amide bonds. The van der Waals surface area contributed by atoms with E-state index in [1.807, 2.05) is 31.2 Å². The first kappa shape index (κ1) is 18.0. The first-order valence-electron chi connectivity index (χ1n) is 8.43. The van der Waals surface area contributed by atoms with E-state index in [1.54, 1.807) is 0 Å². The van der Waals surface area contributed by atoms with Crippen molar-refractivity contribution in [1.29, 1.82) is 0 Å². The molecule has 0 spiro atoms. The van der Waals surface area contributed by atoms with Gasteiger partial charge in [-0.05, 0) is 43.5 Å². The fourth-order valence-electron chi connectivity index (χ4n) is 3.38. The molecule has 0 aliphatic carbocycles. The second-order valence-electron chi connectivity index (χ2n) is 6.47. The van der Waals surface area contributed by atoms with E-state index >= 15 is 0 Å². The van der Waals surface area contributed by atoms with Gasteiger partial charge in [-0.1, -0.05) is 42.7 Å². The van der Waals surface area contributed by atoms with E-state index in [9.17, 15) is 17.2 Å². The second kappa shape index (κ2) is 7.22. The first-order valence-corrected chi connectivity index (χ1v) is 9.87. The van der Waals surface area contributed by atoms with Crippen molar-refractivity contribution in [3.63, 3.8) is 0 Å². The summed E-state index contributed by atoms with van der Waals surface area (Å²) >= 11 is 0. The lowest BCUT2D eigenvalue weighted by atomic mass is 10.0. The highest BCUT2D eigenvalue weighted by Gasteiger charge is 2.35. The van der Waals surface area contributed by atoms with E-state index in [2.05, 4.69) is 0 Å². The van der Waals surface area contributed by atoms with E-state index in [0.29, 0.717) is 19.4 Å². The monoisotopic (exact) mass is 365 g/mol. The molecule has 0 radical (unpaired) electrons. The maximum atomic E-state index is 14.1. The lowest BCUT2D eigenvalue weighted by molar-refractivity contribution is 0.327. The Bertz CT molecular complexity index is 867. The quantitative estimate of drug-likeness (QED) is 0.798.